The second kappa shape index (κ2) is 7.81. The molecule has 0 radical (unpaired) electrons. The number of aliphatic hydroxyl groups excluding tert-OH is 1. The molecule has 0 aliphatic heterocycles. The maximum Gasteiger partial charge on any atom is 0.127 e. The van der Waals surface area contributed by atoms with Gasteiger partial charge in [-0.15, -0.1) is 0 Å². The highest BCUT2D eigenvalue weighted by Crippen LogP contribution is 2.24. The Hall–Kier alpha value is -1.84. The fourth-order valence-electron chi connectivity index (χ4n) is 2.14. The molecule has 2 unspecified atom stereocenters. The highest BCUT2D eigenvalue weighted by molar-refractivity contribution is 5.35. The molecule has 2 aromatic carbocycles. The van der Waals surface area contributed by atoms with Crippen LogP contribution in [0.25, 0.3) is 0 Å². The Labute approximate surface area is 126 Å². The largest absolute Gasteiger partial charge is 0.457 e. The quantitative estimate of drug-likeness (QED) is 0.810. The third kappa shape index (κ3) is 4.59. The zero-order chi connectivity index (χ0) is 15.1. The zero-order valence-corrected chi connectivity index (χ0v) is 12.6. The fraction of sp³-hybridized carbons (Fsp3) is 0.333. The number of ether oxygens (including phenoxy) is 1. The lowest BCUT2D eigenvalue weighted by molar-refractivity contribution is 0.234. The Morgan fingerprint density at radius 1 is 1.05 bits per heavy atom. The van der Waals surface area contributed by atoms with Gasteiger partial charge in [0, 0.05) is 6.04 Å². The summed E-state index contributed by atoms with van der Waals surface area (Å²) in [6.07, 6.45) is 1.02. The molecule has 0 aliphatic carbocycles. The Bertz CT molecular complexity index is 542. The molecule has 2 rings (SSSR count). The van der Waals surface area contributed by atoms with Crippen LogP contribution in [-0.2, 0) is 0 Å². The van der Waals surface area contributed by atoms with Gasteiger partial charge in [-0.05, 0) is 43.2 Å². The van der Waals surface area contributed by atoms with Gasteiger partial charge in [-0.3, -0.25) is 0 Å². The molecule has 0 heterocycles. The first-order valence-corrected chi connectivity index (χ1v) is 7.42. The van der Waals surface area contributed by atoms with E-state index in [0.717, 1.165) is 23.5 Å². The van der Waals surface area contributed by atoms with Crippen LogP contribution in [0.3, 0.4) is 0 Å². The van der Waals surface area contributed by atoms with E-state index in [-0.39, 0.29) is 12.6 Å². The molecular weight excluding hydrogens is 262 g/mol. The Morgan fingerprint density at radius 2 is 1.76 bits per heavy atom. The molecular formula is C18H23NO2. The molecule has 2 aromatic rings. The van der Waals surface area contributed by atoms with E-state index in [1.54, 1.807) is 0 Å². The van der Waals surface area contributed by atoms with E-state index in [9.17, 15) is 5.11 Å². The van der Waals surface area contributed by atoms with Gasteiger partial charge in [0.15, 0.2) is 0 Å². The first-order valence-electron chi connectivity index (χ1n) is 7.42. The van der Waals surface area contributed by atoms with Crippen LogP contribution < -0.4 is 10.1 Å². The van der Waals surface area contributed by atoms with Gasteiger partial charge in [0.2, 0.25) is 0 Å². The SMILES string of the molecule is CCC(C)NC(CO)c1cccc(Oc2ccccc2)c1. The molecule has 112 valence electrons. The lowest BCUT2D eigenvalue weighted by Crippen LogP contribution is -2.32. The van der Waals surface area contributed by atoms with Gasteiger partial charge in [0.1, 0.15) is 11.5 Å². The zero-order valence-electron chi connectivity index (χ0n) is 12.6. The molecule has 3 nitrogen and oxygen atoms in total. The number of hydrogen-bond acceptors (Lipinski definition) is 3. The topological polar surface area (TPSA) is 41.5 Å². The van der Waals surface area contributed by atoms with Gasteiger partial charge in [0.25, 0.3) is 0 Å². The summed E-state index contributed by atoms with van der Waals surface area (Å²) in [4.78, 5) is 0. The molecule has 2 N–H and O–H groups in total. The standard InChI is InChI=1S/C18H23NO2/c1-3-14(2)19-18(13-20)15-8-7-11-17(12-15)21-16-9-5-4-6-10-16/h4-12,14,18-20H,3,13H2,1-2H3. The molecule has 0 aromatic heterocycles. The van der Waals surface area contributed by atoms with Crippen molar-refractivity contribution in [2.24, 2.45) is 0 Å². The van der Waals surface area contributed by atoms with Gasteiger partial charge in [0.05, 0.1) is 12.6 Å². The molecule has 0 bridgehead atoms. The summed E-state index contributed by atoms with van der Waals surface area (Å²) in [6.45, 7) is 4.31. The van der Waals surface area contributed by atoms with E-state index in [2.05, 4.69) is 19.2 Å². The first-order chi connectivity index (χ1) is 10.2. The van der Waals surface area contributed by atoms with Crippen molar-refractivity contribution in [2.45, 2.75) is 32.4 Å². The second-order valence-electron chi connectivity index (χ2n) is 5.20. The normalized spacial score (nSPS) is 13.7. The van der Waals surface area contributed by atoms with Gasteiger partial charge >= 0.3 is 0 Å². The molecule has 0 spiro atoms. The average molecular weight is 285 g/mol. The maximum absolute atomic E-state index is 9.60. The van der Waals surface area contributed by atoms with Crippen LogP contribution in [0.2, 0.25) is 0 Å². The van der Waals surface area contributed by atoms with E-state index in [1.165, 1.54) is 0 Å². The first kappa shape index (κ1) is 15.5. The van der Waals surface area contributed by atoms with Crippen molar-refractivity contribution >= 4 is 0 Å². The monoisotopic (exact) mass is 285 g/mol. The highest BCUT2D eigenvalue weighted by atomic mass is 16.5. The molecule has 0 saturated carbocycles. The Kier molecular flexibility index (Phi) is 5.78. The van der Waals surface area contributed by atoms with Gasteiger partial charge in [-0.25, -0.2) is 0 Å². The third-order valence-corrected chi connectivity index (χ3v) is 3.52. The Morgan fingerprint density at radius 3 is 2.43 bits per heavy atom. The number of rotatable bonds is 7. The minimum atomic E-state index is -0.0701. The summed E-state index contributed by atoms with van der Waals surface area (Å²) in [5, 5.41) is 13.0. The number of para-hydroxylation sites is 1. The summed E-state index contributed by atoms with van der Waals surface area (Å²) >= 11 is 0. The van der Waals surface area contributed by atoms with Gasteiger partial charge < -0.3 is 15.2 Å². The number of aliphatic hydroxyl groups is 1. The molecule has 21 heavy (non-hydrogen) atoms. The van der Waals surface area contributed by atoms with E-state index < -0.39 is 0 Å². The Balaban J connectivity index is 2.12. The van der Waals surface area contributed by atoms with Crippen LogP contribution in [0.5, 0.6) is 11.5 Å². The maximum atomic E-state index is 9.60. The van der Waals surface area contributed by atoms with Crippen molar-refractivity contribution in [3.63, 3.8) is 0 Å². The summed E-state index contributed by atoms with van der Waals surface area (Å²) in [5.74, 6) is 1.59. The molecule has 0 aliphatic rings. The number of hydrogen-bond donors (Lipinski definition) is 2. The summed E-state index contributed by atoms with van der Waals surface area (Å²) in [6, 6.07) is 17.9. The molecule has 0 saturated heterocycles. The summed E-state index contributed by atoms with van der Waals surface area (Å²) < 4.78 is 5.84. The molecule has 2 atom stereocenters. The van der Waals surface area contributed by atoms with E-state index in [0.29, 0.717) is 6.04 Å². The molecule has 0 amide bonds. The summed E-state index contributed by atoms with van der Waals surface area (Å²) in [7, 11) is 0. The lowest BCUT2D eigenvalue weighted by Gasteiger charge is -2.21. The van der Waals surface area contributed by atoms with Crippen LogP contribution in [0.1, 0.15) is 31.9 Å². The van der Waals surface area contributed by atoms with Crippen molar-refractivity contribution < 1.29 is 9.84 Å². The fourth-order valence-corrected chi connectivity index (χ4v) is 2.14. The van der Waals surface area contributed by atoms with E-state index >= 15 is 0 Å². The minimum Gasteiger partial charge on any atom is -0.457 e. The number of benzene rings is 2. The predicted octanol–water partition coefficient (Wildman–Crippen LogP) is 3.90. The molecule has 0 fully saturated rings. The van der Waals surface area contributed by atoms with Crippen molar-refractivity contribution in [1.29, 1.82) is 0 Å². The van der Waals surface area contributed by atoms with Gasteiger partial charge in [-0.2, -0.15) is 0 Å². The smallest absolute Gasteiger partial charge is 0.127 e. The van der Waals surface area contributed by atoms with Crippen LogP contribution in [0.15, 0.2) is 54.6 Å². The van der Waals surface area contributed by atoms with Crippen molar-refractivity contribution in [2.75, 3.05) is 6.61 Å². The van der Waals surface area contributed by atoms with E-state index in [1.807, 2.05) is 54.6 Å². The van der Waals surface area contributed by atoms with Crippen molar-refractivity contribution in [1.82, 2.24) is 5.32 Å². The highest BCUT2D eigenvalue weighted by Gasteiger charge is 2.13. The lowest BCUT2D eigenvalue weighted by atomic mass is 10.1. The van der Waals surface area contributed by atoms with Crippen LogP contribution in [0.4, 0.5) is 0 Å². The van der Waals surface area contributed by atoms with Crippen LogP contribution in [-0.4, -0.2) is 17.8 Å². The van der Waals surface area contributed by atoms with Crippen LogP contribution >= 0.6 is 0 Å². The van der Waals surface area contributed by atoms with Gasteiger partial charge in [-0.1, -0.05) is 37.3 Å². The summed E-state index contributed by atoms with van der Waals surface area (Å²) in [5.41, 5.74) is 1.03. The molecule has 3 heteroatoms. The minimum absolute atomic E-state index is 0.0686. The second-order valence-corrected chi connectivity index (χ2v) is 5.20. The number of nitrogens with one attached hydrogen (secondary N) is 1. The van der Waals surface area contributed by atoms with E-state index in [4.69, 9.17) is 4.74 Å². The average Bonchev–Trinajstić information content (AvgIpc) is 2.53. The predicted molar refractivity (Wildman–Crippen MR) is 85.7 cm³/mol. The van der Waals surface area contributed by atoms with Crippen LogP contribution in [0, 0.1) is 0 Å². The third-order valence-electron chi connectivity index (χ3n) is 3.52. The van der Waals surface area contributed by atoms with Crippen molar-refractivity contribution in [3.05, 3.63) is 60.2 Å². The van der Waals surface area contributed by atoms with Crippen molar-refractivity contribution in [3.8, 4) is 11.5 Å².